The van der Waals surface area contributed by atoms with Crippen LogP contribution in [0, 0.1) is 16.7 Å². The lowest BCUT2D eigenvalue weighted by molar-refractivity contribution is -0.155. The Morgan fingerprint density at radius 3 is 1.88 bits per heavy atom. The molecule has 96 valence electrons. The van der Waals surface area contributed by atoms with Crippen LogP contribution in [0.2, 0.25) is 0 Å². The maximum absolute atomic E-state index is 10.8. The highest BCUT2D eigenvalue weighted by atomic mass is 16.3. The molecule has 1 aliphatic rings. The van der Waals surface area contributed by atoms with E-state index < -0.39 is 5.60 Å². The van der Waals surface area contributed by atoms with Gasteiger partial charge in [0.15, 0.2) is 0 Å². The Bertz CT molecular complexity index is 235. The van der Waals surface area contributed by atoms with Crippen LogP contribution < -0.4 is 0 Å². The molecule has 0 saturated heterocycles. The van der Waals surface area contributed by atoms with Crippen molar-refractivity contribution >= 4 is 0 Å². The van der Waals surface area contributed by atoms with Crippen molar-refractivity contribution < 1.29 is 10.2 Å². The zero-order chi connectivity index (χ0) is 12.6. The molecule has 2 nitrogen and oxygen atoms in total. The van der Waals surface area contributed by atoms with Gasteiger partial charge in [-0.1, -0.05) is 34.6 Å². The summed E-state index contributed by atoms with van der Waals surface area (Å²) in [6, 6.07) is 0. The molecular weight excluding hydrogens is 200 g/mol. The van der Waals surface area contributed by atoms with Crippen molar-refractivity contribution in [3.05, 3.63) is 0 Å². The summed E-state index contributed by atoms with van der Waals surface area (Å²) in [5, 5.41) is 20.5. The number of aliphatic hydroxyl groups excluding tert-OH is 1. The molecule has 2 N–H and O–H groups in total. The largest absolute Gasteiger partial charge is 0.396 e. The molecule has 2 heteroatoms. The lowest BCUT2D eigenvalue weighted by Gasteiger charge is -2.52. The van der Waals surface area contributed by atoms with Gasteiger partial charge in [-0.15, -0.1) is 0 Å². The van der Waals surface area contributed by atoms with Crippen LogP contribution in [0.15, 0.2) is 0 Å². The minimum Gasteiger partial charge on any atom is -0.396 e. The van der Waals surface area contributed by atoms with E-state index in [4.69, 9.17) is 0 Å². The van der Waals surface area contributed by atoms with Crippen LogP contribution in [0.1, 0.15) is 60.3 Å². The molecule has 0 bridgehead atoms. The predicted octanol–water partition coefficient (Wildman–Crippen LogP) is 2.97. The van der Waals surface area contributed by atoms with Gasteiger partial charge in [-0.05, 0) is 37.0 Å². The van der Waals surface area contributed by atoms with Gasteiger partial charge in [0.1, 0.15) is 0 Å². The summed E-state index contributed by atoms with van der Waals surface area (Å²) < 4.78 is 0. The van der Waals surface area contributed by atoms with Gasteiger partial charge in [-0.25, -0.2) is 0 Å². The summed E-state index contributed by atoms with van der Waals surface area (Å²) in [4.78, 5) is 0. The van der Waals surface area contributed by atoms with E-state index in [2.05, 4.69) is 27.7 Å². The second-order valence-corrected chi connectivity index (χ2v) is 6.93. The molecule has 0 aromatic carbocycles. The van der Waals surface area contributed by atoms with Crippen LogP contribution >= 0.6 is 0 Å². The molecule has 1 fully saturated rings. The average Bonchev–Trinajstić information content (AvgIpc) is 2.21. The Kier molecular flexibility index (Phi) is 3.76. The third-order valence-electron chi connectivity index (χ3n) is 5.10. The first-order valence-corrected chi connectivity index (χ1v) is 6.50. The third kappa shape index (κ3) is 2.28. The van der Waals surface area contributed by atoms with E-state index in [9.17, 15) is 10.2 Å². The summed E-state index contributed by atoms with van der Waals surface area (Å²) in [5.41, 5.74) is -0.714. The predicted molar refractivity (Wildman–Crippen MR) is 67.2 cm³/mol. The first-order valence-electron chi connectivity index (χ1n) is 6.50. The van der Waals surface area contributed by atoms with Crippen molar-refractivity contribution in [2.45, 2.75) is 65.9 Å². The lowest BCUT2D eigenvalue weighted by Crippen LogP contribution is -2.54. The van der Waals surface area contributed by atoms with Crippen molar-refractivity contribution in [3.8, 4) is 0 Å². The summed E-state index contributed by atoms with van der Waals surface area (Å²) in [6.45, 7) is 10.8. The van der Waals surface area contributed by atoms with Crippen molar-refractivity contribution in [1.29, 1.82) is 0 Å². The Morgan fingerprint density at radius 2 is 1.56 bits per heavy atom. The van der Waals surface area contributed by atoms with Crippen LogP contribution in [0.25, 0.3) is 0 Å². The molecule has 0 radical (unpaired) electrons. The number of hydrogen-bond acceptors (Lipinski definition) is 2. The van der Waals surface area contributed by atoms with Crippen LogP contribution in [0.5, 0.6) is 0 Å². The highest BCUT2D eigenvalue weighted by Gasteiger charge is 2.50. The molecule has 16 heavy (non-hydrogen) atoms. The smallest absolute Gasteiger partial charge is 0.0725 e. The third-order valence-corrected chi connectivity index (χ3v) is 5.10. The number of hydrogen-bond donors (Lipinski definition) is 2. The zero-order valence-electron chi connectivity index (χ0n) is 11.5. The molecule has 0 aliphatic heterocycles. The monoisotopic (exact) mass is 228 g/mol. The van der Waals surface area contributed by atoms with Crippen LogP contribution in [0.3, 0.4) is 0 Å². The molecule has 1 aliphatic carbocycles. The molecule has 1 saturated carbocycles. The topological polar surface area (TPSA) is 40.5 Å². The minimum atomic E-state index is -0.689. The van der Waals surface area contributed by atoms with E-state index in [1.165, 1.54) is 0 Å². The van der Waals surface area contributed by atoms with Gasteiger partial charge in [-0.2, -0.15) is 0 Å². The summed E-state index contributed by atoms with van der Waals surface area (Å²) in [6.07, 6.45) is 3.72. The fraction of sp³-hybridized carbons (Fsp3) is 1.00. The maximum Gasteiger partial charge on any atom is 0.0725 e. The maximum atomic E-state index is 10.8. The van der Waals surface area contributed by atoms with Crippen LogP contribution in [0.4, 0.5) is 0 Å². The lowest BCUT2D eigenvalue weighted by atomic mass is 9.58. The molecular formula is C14H28O2. The summed E-state index contributed by atoms with van der Waals surface area (Å²) in [5.74, 6) is 0.295. The Labute approximate surface area is 100 Å². The normalized spacial score (nSPS) is 27.8. The first kappa shape index (κ1) is 14.0. The molecule has 0 aromatic heterocycles. The highest BCUT2D eigenvalue weighted by Crippen LogP contribution is 2.50. The van der Waals surface area contributed by atoms with Crippen LogP contribution in [-0.2, 0) is 0 Å². The van der Waals surface area contributed by atoms with Gasteiger partial charge in [-0.3, -0.25) is 0 Å². The van der Waals surface area contributed by atoms with Gasteiger partial charge < -0.3 is 10.2 Å². The molecule has 0 aromatic rings. The molecule has 0 heterocycles. The molecule has 0 spiro atoms. The SMILES string of the molecule is CC(C)C(C)(CO)C1(O)CCC(C)(C)CC1. The van der Waals surface area contributed by atoms with E-state index in [0.717, 1.165) is 25.7 Å². The summed E-state index contributed by atoms with van der Waals surface area (Å²) in [7, 11) is 0. The van der Waals surface area contributed by atoms with Crippen LogP contribution in [-0.4, -0.2) is 22.4 Å². The van der Waals surface area contributed by atoms with Gasteiger partial charge >= 0.3 is 0 Å². The van der Waals surface area contributed by atoms with E-state index in [1.807, 2.05) is 6.92 Å². The van der Waals surface area contributed by atoms with Gasteiger partial charge in [0.25, 0.3) is 0 Å². The van der Waals surface area contributed by atoms with Crippen molar-refractivity contribution in [2.75, 3.05) is 6.61 Å². The molecule has 1 rings (SSSR count). The quantitative estimate of drug-likeness (QED) is 0.779. The van der Waals surface area contributed by atoms with Gasteiger partial charge in [0.05, 0.1) is 12.2 Å². The zero-order valence-corrected chi connectivity index (χ0v) is 11.5. The Balaban J connectivity index is 2.86. The number of rotatable bonds is 3. The second-order valence-electron chi connectivity index (χ2n) is 6.93. The van der Waals surface area contributed by atoms with Crippen molar-refractivity contribution in [1.82, 2.24) is 0 Å². The minimum absolute atomic E-state index is 0.0710. The van der Waals surface area contributed by atoms with E-state index in [0.29, 0.717) is 11.3 Å². The van der Waals surface area contributed by atoms with E-state index >= 15 is 0 Å². The standard InChI is InChI=1S/C14H28O2/c1-11(2)13(5,10-15)14(16)8-6-12(3,4)7-9-14/h11,15-16H,6-10H2,1-5H3. The Morgan fingerprint density at radius 1 is 1.12 bits per heavy atom. The van der Waals surface area contributed by atoms with Gasteiger partial charge in [0.2, 0.25) is 0 Å². The average molecular weight is 228 g/mol. The number of aliphatic hydroxyl groups is 2. The molecule has 0 amide bonds. The fourth-order valence-electron chi connectivity index (χ4n) is 2.78. The molecule has 1 atom stereocenters. The Hall–Kier alpha value is -0.0800. The first-order chi connectivity index (χ1) is 7.17. The van der Waals surface area contributed by atoms with Crippen molar-refractivity contribution in [3.63, 3.8) is 0 Å². The van der Waals surface area contributed by atoms with Crippen molar-refractivity contribution in [2.24, 2.45) is 16.7 Å². The second kappa shape index (κ2) is 4.30. The molecule has 1 unspecified atom stereocenters. The fourth-order valence-corrected chi connectivity index (χ4v) is 2.78. The van der Waals surface area contributed by atoms with E-state index in [1.54, 1.807) is 0 Å². The summed E-state index contributed by atoms with van der Waals surface area (Å²) >= 11 is 0. The van der Waals surface area contributed by atoms with Gasteiger partial charge in [0, 0.05) is 5.41 Å². The van der Waals surface area contributed by atoms with E-state index in [-0.39, 0.29) is 12.0 Å². The highest BCUT2D eigenvalue weighted by molar-refractivity contribution is 5.01.